The van der Waals surface area contributed by atoms with E-state index in [1.807, 2.05) is 18.2 Å². The van der Waals surface area contributed by atoms with Crippen molar-refractivity contribution >= 4 is 45.9 Å². The van der Waals surface area contributed by atoms with Crippen LogP contribution in [-0.2, 0) is 26.3 Å². The molecule has 5 heterocycles. The van der Waals surface area contributed by atoms with Gasteiger partial charge in [0.2, 0.25) is 16.8 Å². The van der Waals surface area contributed by atoms with Gasteiger partial charge in [-0.1, -0.05) is 24.3 Å². The molecule has 13 nitrogen and oxygen atoms in total. The normalized spacial score (nSPS) is 25.5. The summed E-state index contributed by atoms with van der Waals surface area (Å²) in [6.07, 6.45) is -3.19. The Labute approximate surface area is 257 Å². The fourth-order valence-corrected chi connectivity index (χ4v) is 6.44. The molecule has 0 bridgehead atoms. The molecule has 1 saturated carbocycles. The number of carboxylic acid groups (broad SMARTS) is 1. The molecule has 0 radical (unpaired) electrons. The molecule has 1 aliphatic heterocycles. The maximum Gasteiger partial charge on any atom is 0.342 e. The SMILES string of the molecule is COc1ncccc1-c1ccc(C[C@@](OC2[C@H]3O[C@@H](n4cnc5c(N)nc(Cl)nc54)[C@@H](F)[C@@]23O)(C(=O)O)c2cscn2)cc1. The lowest BCUT2D eigenvalue weighted by Gasteiger charge is -2.31. The molecule has 1 aromatic carbocycles. The fraction of sp³-hybridized carbons (Fsp3) is 0.286. The Bertz CT molecular complexity index is 1880. The highest BCUT2D eigenvalue weighted by Crippen LogP contribution is 2.58. The molecule has 4 aromatic heterocycles. The lowest BCUT2D eigenvalue weighted by atomic mass is 9.90. The van der Waals surface area contributed by atoms with E-state index < -0.39 is 41.8 Å². The smallest absolute Gasteiger partial charge is 0.342 e. The van der Waals surface area contributed by atoms with Gasteiger partial charge in [0.05, 0.1) is 24.6 Å². The lowest BCUT2D eigenvalue weighted by molar-refractivity contribution is -0.183. The van der Waals surface area contributed by atoms with Gasteiger partial charge < -0.3 is 30.2 Å². The van der Waals surface area contributed by atoms with Gasteiger partial charge in [-0.3, -0.25) is 4.57 Å². The predicted octanol–water partition coefficient (Wildman–Crippen LogP) is 3.18. The number of hydrogen-bond donors (Lipinski definition) is 3. The van der Waals surface area contributed by atoms with Gasteiger partial charge in [0.25, 0.3) is 0 Å². The fourth-order valence-electron chi connectivity index (χ4n) is 5.65. The van der Waals surface area contributed by atoms with E-state index in [-0.39, 0.29) is 34.4 Å². The summed E-state index contributed by atoms with van der Waals surface area (Å²) in [6.45, 7) is 0. The highest BCUT2D eigenvalue weighted by Gasteiger charge is 2.80. The number of imidazole rings is 1. The molecular weight excluding hydrogens is 617 g/mol. The quantitative estimate of drug-likeness (QED) is 0.201. The van der Waals surface area contributed by atoms with Crippen LogP contribution in [0.25, 0.3) is 22.3 Å². The van der Waals surface area contributed by atoms with Gasteiger partial charge in [0.15, 0.2) is 29.5 Å². The average Bonchev–Trinajstić information content (AvgIpc) is 3.52. The van der Waals surface area contributed by atoms with Crippen molar-refractivity contribution in [3.63, 3.8) is 0 Å². The van der Waals surface area contributed by atoms with Crippen LogP contribution in [0.4, 0.5) is 10.2 Å². The van der Waals surface area contributed by atoms with Crippen LogP contribution >= 0.6 is 22.9 Å². The minimum absolute atomic E-state index is 0.000606. The summed E-state index contributed by atoms with van der Waals surface area (Å²) in [5, 5.41) is 23.3. The Morgan fingerprint density at radius 2 is 2.05 bits per heavy atom. The lowest BCUT2D eigenvalue weighted by Crippen LogP contribution is -2.45. The molecule has 1 aliphatic carbocycles. The van der Waals surface area contributed by atoms with E-state index >= 15 is 4.39 Å². The summed E-state index contributed by atoms with van der Waals surface area (Å²) < 4.78 is 34.6. The number of nitrogens with two attached hydrogens (primary N) is 1. The van der Waals surface area contributed by atoms with E-state index in [2.05, 4.69) is 24.9 Å². The molecular formula is C28H23ClFN7O6S. The third kappa shape index (κ3) is 4.30. The largest absolute Gasteiger partial charge is 0.481 e. The second-order valence-corrected chi connectivity index (χ2v) is 11.5. The zero-order valence-electron chi connectivity index (χ0n) is 22.7. The van der Waals surface area contributed by atoms with Crippen molar-refractivity contribution in [2.24, 2.45) is 0 Å². The first-order chi connectivity index (χ1) is 21.2. The molecule has 16 heteroatoms. The molecule has 5 aromatic rings. The number of carboxylic acids is 1. The van der Waals surface area contributed by atoms with Crippen LogP contribution in [0.15, 0.2) is 59.8 Å². The van der Waals surface area contributed by atoms with Gasteiger partial charge in [-0.05, 0) is 34.9 Å². The molecule has 226 valence electrons. The molecule has 0 spiro atoms. The zero-order valence-corrected chi connectivity index (χ0v) is 24.3. The Morgan fingerprint density at radius 1 is 1.25 bits per heavy atom. The van der Waals surface area contributed by atoms with Crippen LogP contribution in [0, 0.1) is 0 Å². The number of thiazole rings is 1. The second kappa shape index (κ2) is 10.4. The predicted molar refractivity (Wildman–Crippen MR) is 155 cm³/mol. The molecule has 1 saturated heterocycles. The van der Waals surface area contributed by atoms with Gasteiger partial charge in [0.1, 0.15) is 17.7 Å². The van der Waals surface area contributed by atoms with Crippen molar-refractivity contribution in [2.45, 2.75) is 42.2 Å². The number of rotatable bonds is 9. The Hall–Kier alpha value is -4.28. The minimum atomic E-state index is -2.15. The number of aliphatic carboxylic acids is 1. The number of nitrogen functional groups attached to an aromatic ring is 1. The van der Waals surface area contributed by atoms with Crippen molar-refractivity contribution in [1.29, 1.82) is 0 Å². The average molecular weight is 640 g/mol. The van der Waals surface area contributed by atoms with Crippen LogP contribution in [0.3, 0.4) is 0 Å². The van der Waals surface area contributed by atoms with Crippen LogP contribution in [0.2, 0.25) is 5.28 Å². The summed E-state index contributed by atoms with van der Waals surface area (Å²) in [6, 6.07) is 10.8. The van der Waals surface area contributed by atoms with Gasteiger partial charge in [-0.15, -0.1) is 11.3 Å². The number of aromatic nitrogens is 6. The van der Waals surface area contributed by atoms with Gasteiger partial charge >= 0.3 is 5.97 Å². The first-order valence-corrected chi connectivity index (χ1v) is 14.5. The van der Waals surface area contributed by atoms with Crippen LogP contribution in [0.5, 0.6) is 5.88 Å². The zero-order chi connectivity index (χ0) is 30.8. The molecule has 2 aliphatic rings. The van der Waals surface area contributed by atoms with Gasteiger partial charge in [-0.25, -0.2) is 24.1 Å². The van der Waals surface area contributed by atoms with Gasteiger partial charge in [0, 0.05) is 23.6 Å². The van der Waals surface area contributed by atoms with Gasteiger partial charge in [-0.2, -0.15) is 9.97 Å². The van der Waals surface area contributed by atoms with E-state index in [4.69, 9.17) is 31.5 Å². The number of ether oxygens (including phenoxy) is 3. The molecule has 4 N–H and O–H groups in total. The Balaban J connectivity index is 1.17. The number of methoxy groups -OCH3 is 1. The second-order valence-electron chi connectivity index (χ2n) is 10.4. The van der Waals surface area contributed by atoms with E-state index in [1.54, 1.807) is 29.8 Å². The van der Waals surface area contributed by atoms with Crippen molar-refractivity contribution in [3.05, 3.63) is 76.4 Å². The number of hydrogen-bond acceptors (Lipinski definition) is 12. The van der Waals surface area contributed by atoms with Crippen molar-refractivity contribution in [3.8, 4) is 17.0 Å². The van der Waals surface area contributed by atoms with Crippen molar-refractivity contribution in [1.82, 2.24) is 29.5 Å². The number of alkyl halides is 1. The summed E-state index contributed by atoms with van der Waals surface area (Å²) in [5.74, 6) is -0.912. The van der Waals surface area contributed by atoms with E-state index in [0.717, 1.165) is 11.1 Å². The van der Waals surface area contributed by atoms with E-state index in [1.165, 1.54) is 34.9 Å². The van der Waals surface area contributed by atoms with Crippen LogP contribution < -0.4 is 10.5 Å². The number of carbonyl (C=O) groups is 1. The molecule has 44 heavy (non-hydrogen) atoms. The summed E-state index contributed by atoms with van der Waals surface area (Å²) in [5.41, 5.74) is 5.70. The number of fused-ring (bicyclic) bond motifs is 2. The monoisotopic (exact) mass is 639 g/mol. The molecule has 1 unspecified atom stereocenters. The van der Waals surface area contributed by atoms with E-state index in [0.29, 0.717) is 11.4 Å². The summed E-state index contributed by atoms with van der Waals surface area (Å²) in [4.78, 5) is 33.5. The number of aliphatic hydroxyl groups is 1. The van der Waals surface area contributed by atoms with Crippen LogP contribution in [-0.4, -0.2) is 76.8 Å². The third-order valence-corrected chi connectivity index (χ3v) is 8.71. The van der Waals surface area contributed by atoms with Crippen molar-refractivity contribution in [2.75, 3.05) is 12.8 Å². The topological polar surface area (TPSA) is 181 Å². The van der Waals surface area contributed by atoms with Crippen LogP contribution in [0.1, 0.15) is 17.5 Å². The molecule has 0 amide bonds. The number of benzene rings is 1. The highest BCUT2D eigenvalue weighted by molar-refractivity contribution is 7.07. The highest BCUT2D eigenvalue weighted by atomic mass is 35.5. The molecule has 7 rings (SSSR count). The maximum absolute atomic E-state index is 16.0. The third-order valence-electron chi connectivity index (χ3n) is 7.95. The summed E-state index contributed by atoms with van der Waals surface area (Å²) in [7, 11) is 1.53. The summed E-state index contributed by atoms with van der Waals surface area (Å²) >= 11 is 7.12. The molecule has 2 fully saturated rings. The number of pyridine rings is 1. The van der Waals surface area contributed by atoms with Crippen molar-refractivity contribution < 1.29 is 33.6 Å². The maximum atomic E-state index is 16.0. The standard InChI is InChI=1S/C28H23ClFN7O6S/c1-41-23-15(3-2-8-32-23)14-6-4-13(5-7-14)9-27(25(38)39,16-10-44-12-34-16)43-20-19-28(20,40)18(30)24(42-19)37-11-33-17-21(31)35-26(29)36-22(17)37/h2-8,10-12,18-20,24,40H,9H2,1H3,(H,38,39)(H2,31,35,36)/t18-,19-,20?,24-,27+,28+/m1/s1. The van der Waals surface area contributed by atoms with E-state index in [9.17, 15) is 15.0 Å². The first-order valence-electron chi connectivity index (χ1n) is 13.2. The minimum Gasteiger partial charge on any atom is -0.481 e. The number of nitrogens with zero attached hydrogens (tertiary/aromatic N) is 6. The first kappa shape index (κ1) is 28.5. The number of anilines is 1. The Kier molecular flexibility index (Phi) is 6.75. The number of halogens is 2. The Morgan fingerprint density at radius 3 is 2.70 bits per heavy atom. The molecule has 6 atom stereocenters.